The fourth-order valence-electron chi connectivity index (χ4n) is 1.49. The predicted molar refractivity (Wildman–Crippen MR) is 77.8 cm³/mol. The first-order valence-corrected chi connectivity index (χ1v) is 6.12. The van der Waals surface area contributed by atoms with Gasteiger partial charge in [-0.2, -0.15) is 5.10 Å². The van der Waals surface area contributed by atoms with E-state index in [0.717, 1.165) is 5.56 Å². The van der Waals surface area contributed by atoms with Crippen molar-refractivity contribution >= 4 is 23.7 Å². The average Bonchev–Trinajstić information content (AvgIpc) is 2.49. The Balaban J connectivity index is 1.92. The van der Waals surface area contributed by atoms with Gasteiger partial charge in [0.2, 0.25) is 5.91 Å². The maximum atomic E-state index is 11.6. The van der Waals surface area contributed by atoms with Crippen molar-refractivity contribution in [3.8, 4) is 0 Å². The van der Waals surface area contributed by atoms with Crippen molar-refractivity contribution in [2.24, 2.45) is 5.10 Å². The van der Waals surface area contributed by atoms with Crippen LogP contribution in [0.2, 0.25) is 0 Å². The molecule has 0 aliphatic rings. The van der Waals surface area contributed by atoms with Gasteiger partial charge in [0.25, 0.3) is 5.91 Å². The molecule has 0 bridgehead atoms. The van der Waals surface area contributed by atoms with Gasteiger partial charge >= 0.3 is 0 Å². The third-order valence-corrected chi connectivity index (χ3v) is 2.41. The summed E-state index contributed by atoms with van der Waals surface area (Å²) in [6, 6.07) is 7.02. The predicted octanol–water partition coefficient (Wildman–Crippen LogP) is 1.20. The Bertz CT molecular complexity index is 653. The van der Waals surface area contributed by atoms with Crippen LogP contribution in [0.15, 0.2) is 48.0 Å². The molecule has 0 saturated carbocycles. The summed E-state index contributed by atoms with van der Waals surface area (Å²) in [6.07, 6.45) is 5.76. The van der Waals surface area contributed by atoms with Crippen molar-refractivity contribution in [1.29, 1.82) is 0 Å². The first kappa shape index (κ1) is 14.3. The SMILES string of the molecule is CC(=O)Nc1ccc(/C=N/NC(=O)c2cnccn2)cc1. The molecular weight excluding hydrogens is 270 g/mol. The third-order valence-electron chi connectivity index (χ3n) is 2.41. The molecule has 0 aliphatic carbocycles. The van der Waals surface area contributed by atoms with E-state index in [-0.39, 0.29) is 11.6 Å². The Morgan fingerprint density at radius 1 is 1.19 bits per heavy atom. The van der Waals surface area contributed by atoms with Gasteiger partial charge in [0.15, 0.2) is 0 Å². The normalized spacial score (nSPS) is 10.3. The zero-order valence-electron chi connectivity index (χ0n) is 11.3. The summed E-state index contributed by atoms with van der Waals surface area (Å²) in [7, 11) is 0. The number of carbonyl (C=O) groups excluding carboxylic acids is 2. The molecule has 21 heavy (non-hydrogen) atoms. The van der Waals surface area contributed by atoms with Gasteiger partial charge in [-0.1, -0.05) is 12.1 Å². The molecule has 0 fully saturated rings. The Morgan fingerprint density at radius 2 is 1.95 bits per heavy atom. The molecule has 2 rings (SSSR count). The highest BCUT2D eigenvalue weighted by Crippen LogP contribution is 2.07. The van der Waals surface area contributed by atoms with Crippen LogP contribution in [0.25, 0.3) is 0 Å². The number of nitrogens with zero attached hydrogens (tertiary/aromatic N) is 3. The lowest BCUT2D eigenvalue weighted by molar-refractivity contribution is -0.114. The standard InChI is InChI=1S/C14H13N5O2/c1-10(20)18-12-4-2-11(3-5-12)8-17-19-14(21)13-9-15-6-7-16-13/h2-9H,1H3,(H,18,20)(H,19,21)/b17-8+. The molecule has 106 valence electrons. The lowest BCUT2D eigenvalue weighted by atomic mass is 10.2. The van der Waals surface area contributed by atoms with Crippen LogP contribution in [-0.4, -0.2) is 28.0 Å². The van der Waals surface area contributed by atoms with Gasteiger partial charge in [-0.25, -0.2) is 10.4 Å². The van der Waals surface area contributed by atoms with Crippen LogP contribution in [0.1, 0.15) is 23.0 Å². The Hall–Kier alpha value is -3.09. The Labute approximate surface area is 121 Å². The fraction of sp³-hybridized carbons (Fsp3) is 0.0714. The molecule has 0 atom stereocenters. The topological polar surface area (TPSA) is 96.3 Å². The molecule has 0 aliphatic heterocycles. The first-order chi connectivity index (χ1) is 10.1. The molecule has 1 aromatic heterocycles. The van der Waals surface area contributed by atoms with Gasteiger partial charge in [0.1, 0.15) is 5.69 Å². The van der Waals surface area contributed by atoms with Crippen molar-refractivity contribution in [1.82, 2.24) is 15.4 Å². The molecular formula is C14H13N5O2. The van der Waals surface area contributed by atoms with Crippen molar-refractivity contribution in [3.05, 3.63) is 54.1 Å². The molecule has 0 spiro atoms. The lowest BCUT2D eigenvalue weighted by Crippen LogP contribution is -2.19. The van der Waals surface area contributed by atoms with E-state index >= 15 is 0 Å². The first-order valence-electron chi connectivity index (χ1n) is 6.12. The number of nitrogens with one attached hydrogen (secondary N) is 2. The molecule has 7 heteroatoms. The van der Waals surface area contributed by atoms with E-state index in [4.69, 9.17) is 0 Å². The summed E-state index contributed by atoms with van der Waals surface area (Å²) in [4.78, 5) is 30.2. The van der Waals surface area contributed by atoms with E-state index < -0.39 is 5.91 Å². The summed E-state index contributed by atoms with van der Waals surface area (Å²) >= 11 is 0. The maximum absolute atomic E-state index is 11.6. The molecule has 1 heterocycles. The van der Waals surface area contributed by atoms with E-state index in [1.165, 1.54) is 31.7 Å². The number of benzene rings is 1. The van der Waals surface area contributed by atoms with Crippen molar-refractivity contribution < 1.29 is 9.59 Å². The minimum absolute atomic E-state index is 0.132. The second-order valence-corrected chi connectivity index (χ2v) is 4.09. The number of hydrazone groups is 1. The van der Waals surface area contributed by atoms with E-state index in [9.17, 15) is 9.59 Å². The molecule has 2 amide bonds. The van der Waals surface area contributed by atoms with E-state index in [1.54, 1.807) is 24.3 Å². The number of anilines is 1. The van der Waals surface area contributed by atoms with E-state index in [1.807, 2.05) is 0 Å². The summed E-state index contributed by atoms with van der Waals surface area (Å²) in [5.41, 5.74) is 4.02. The molecule has 1 aromatic carbocycles. The van der Waals surface area contributed by atoms with Gasteiger partial charge in [0.05, 0.1) is 12.4 Å². The number of aromatic nitrogens is 2. The highest BCUT2D eigenvalue weighted by atomic mass is 16.2. The summed E-state index contributed by atoms with van der Waals surface area (Å²) < 4.78 is 0. The molecule has 0 radical (unpaired) electrons. The maximum Gasteiger partial charge on any atom is 0.291 e. The highest BCUT2D eigenvalue weighted by Gasteiger charge is 2.04. The monoisotopic (exact) mass is 283 g/mol. The second-order valence-electron chi connectivity index (χ2n) is 4.09. The number of rotatable bonds is 4. The fourth-order valence-corrected chi connectivity index (χ4v) is 1.49. The molecule has 0 saturated heterocycles. The molecule has 0 unspecified atom stereocenters. The largest absolute Gasteiger partial charge is 0.326 e. The number of amides is 2. The zero-order chi connectivity index (χ0) is 15.1. The number of carbonyl (C=O) groups is 2. The summed E-state index contributed by atoms with van der Waals surface area (Å²) in [5.74, 6) is -0.568. The smallest absolute Gasteiger partial charge is 0.291 e. The zero-order valence-corrected chi connectivity index (χ0v) is 11.3. The quantitative estimate of drug-likeness (QED) is 0.651. The molecule has 7 nitrogen and oxygen atoms in total. The summed E-state index contributed by atoms with van der Waals surface area (Å²) in [6.45, 7) is 1.44. The minimum Gasteiger partial charge on any atom is -0.326 e. The lowest BCUT2D eigenvalue weighted by Gasteiger charge is -2.01. The van der Waals surface area contributed by atoms with Gasteiger partial charge in [-0.05, 0) is 17.7 Å². The second kappa shape index (κ2) is 6.90. The van der Waals surface area contributed by atoms with Crippen LogP contribution in [0.5, 0.6) is 0 Å². The summed E-state index contributed by atoms with van der Waals surface area (Å²) in [5, 5.41) is 6.49. The Kier molecular flexibility index (Phi) is 4.70. The molecule has 2 aromatic rings. The minimum atomic E-state index is -0.436. The van der Waals surface area contributed by atoms with Gasteiger partial charge < -0.3 is 5.32 Å². The van der Waals surface area contributed by atoms with Crippen LogP contribution in [0.3, 0.4) is 0 Å². The highest BCUT2D eigenvalue weighted by molar-refractivity contribution is 5.93. The van der Waals surface area contributed by atoms with Crippen molar-refractivity contribution in [3.63, 3.8) is 0 Å². The number of hydrogen-bond donors (Lipinski definition) is 2. The van der Waals surface area contributed by atoms with Gasteiger partial charge in [-0.15, -0.1) is 0 Å². The van der Waals surface area contributed by atoms with Crippen LogP contribution in [0.4, 0.5) is 5.69 Å². The van der Waals surface area contributed by atoms with Crippen LogP contribution >= 0.6 is 0 Å². The average molecular weight is 283 g/mol. The number of hydrogen-bond acceptors (Lipinski definition) is 5. The van der Waals surface area contributed by atoms with Crippen LogP contribution in [0, 0.1) is 0 Å². The third kappa shape index (κ3) is 4.50. The van der Waals surface area contributed by atoms with Crippen molar-refractivity contribution in [2.75, 3.05) is 5.32 Å². The molecule has 2 N–H and O–H groups in total. The Morgan fingerprint density at radius 3 is 2.57 bits per heavy atom. The van der Waals surface area contributed by atoms with Crippen LogP contribution < -0.4 is 10.7 Å². The van der Waals surface area contributed by atoms with Crippen molar-refractivity contribution in [2.45, 2.75) is 6.92 Å². The van der Waals surface area contributed by atoms with Gasteiger partial charge in [0, 0.05) is 25.0 Å². The van der Waals surface area contributed by atoms with E-state index in [2.05, 4.69) is 25.8 Å². The van der Waals surface area contributed by atoms with Crippen LogP contribution in [-0.2, 0) is 4.79 Å². The van der Waals surface area contributed by atoms with E-state index in [0.29, 0.717) is 5.69 Å². The van der Waals surface area contributed by atoms with Gasteiger partial charge in [-0.3, -0.25) is 14.6 Å².